The molecule has 0 spiro atoms. The minimum atomic E-state index is -0.220. The molecule has 3 rings (SSSR count). The van der Waals surface area contributed by atoms with Crippen LogP contribution in [-0.4, -0.2) is 47.5 Å². The van der Waals surface area contributed by atoms with Gasteiger partial charge in [-0.25, -0.2) is 14.4 Å². The molecule has 1 saturated heterocycles. The van der Waals surface area contributed by atoms with E-state index < -0.39 is 0 Å². The normalized spacial score (nSPS) is 17.8. The quantitative estimate of drug-likeness (QED) is 0.792. The number of halogens is 1. The highest BCUT2D eigenvalue weighted by atomic mass is 19.1. The maximum atomic E-state index is 14.4. The summed E-state index contributed by atoms with van der Waals surface area (Å²) in [4.78, 5) is 13.6. The molecule has 2 aromatic rings. The van der Waals surface area contributed by atoms with E-state index in [1.807, 2.05) is 33.3 Å². The molecule has 1 aliphatic heterocycles. The monoisotopic (exact) mass is 358 g/mol. The third kappa shape index (κ3) is 4.02. The van der Waals surface area contributed by atoms with Gasteiger partial charge in [-0.3, -0.25) is 4.90 Å². The van der Waals surface area contributed by atoms with Crippen LogP contribution in [0.4, 0.5) is 4.39 Å². The van der Waals surface area contributed by atoms with Crippen LogP contribution in [-0.2, 0) is 13.1 Å². The van der Waals surface area contributed by atoms with E-state index in [0.717, 1.165) is 43.0 Å². The lowest BCUT2D eigenvalue weighted by atomic mass is 10.0. The van der Waals surface area contributed by atoms with Gasteiger partial charge >= 0.3 is 0 Å². The van der Waals surface area contributed by atoms with E-state index >= 15 is 0 Å². The third-order valence-corrected chi connectivity index (χ3v) is 4.84. The van der Waals surface area contributed by atoms with Crippen LogP contribution in [0, 0.1) is 12.7 Å². The number of hydrogen-bond donors (Lipinski definition) is 0. The SMILES string of the molecule is COc1cccc(F)c1CN1CCC[C@H]1c1nc(C)ncc1CN(C)C. The molecule has 0 radical (unpaired) electrons. The first kappa shape index (κ1) is 18.7. The first-order valence-corrected chi connectivity index (χ1v) is 9.02. The molecule has 0 bridgehead atoms. The summed E-state index contributed by atoms with van der Waals surface area (Å²) >= 11 is 0. The van der Waals surface area contributed by atoms with Gasteiger partial charge in [0.25, 0.3) is 0 Å². The van der Waals surface area contributed by atoms with Crippen molar-refractivity contribution < 1.29 is 9.13 Å². The lowest BCUT2D eigenvalue weighted by molar-refractivity contribution is 0.234. The van der Waals surface area contributed by atoms with Crippen LogP contribution in [0.25, 0.3) is 0 Å². The van der Waals surface area contributed by atoms with Gasteiger partial charge in [0, 0.05) is 30.4 Å². The standard InChI is InChI=1S/C20H27FN4O/c1-14-22-11-15(12-24(2)3)20(23-14)18-8-6-10-25(18)13-16-17(21)7-5-9-19(16)26-4/h5,7,9,11,18H,6,8,10,12-13H2,1-4H3/t18-/m0/s1. The second-order valence-electron chi connectivity index (χ2n) is 7.11. The van der Waals surface area contributed by atoms with Crippen LogP contribution in [0.3, 0.4) is 0 Å². The van der Waals surface area contributed by atoms with Crippen molar-refractivity contribution >= 4 is 0 Å². The zero-order valence-corrected chi connectivity index (χ0v) is 16.0. The highest BCUT2D eigenvalue weighted by Crippen LogP contribution is 2.36. The zero-order valence-electron chi connectivity index (χ0n) is 16.0. The van der Waals surface area contributed by atoms with E-state index in [0.29, 0.717) is 17.9 Å². The third-order valence-electron chi connectivity index (χ3n) is 4.84. The maximum Gasteiger partial charge on any atom is 0.131 e. The minimum absolute atomic E-state index is 0.177. The highest BCUT2D eigenvalue weighted by molar-refractivity contribution is 5.35. The van der Waals surface area contributed by atoms with E-state index in [4.69, 9.17) is 9.72 Å². The predicted molar refractivity (Wildman–Crippen MR) is 99.5 cm³/mol. The van der Waals surface area contributed by atoms with Crippen molar-refractivity contribution in [2.24, 2.45) is 0 Å². The number of nitrogens with zero attached hydrogens (tertiary/aromatic N) is 4. The molecule has 2 heterocycles. The fraction of sp³-hybridized carbons (Fsp3) is 0.500. The Morgan fingerprint density at radius 1 is 1.35 bits per heavy atom. The van der Waals surface area contributed by atoms with Gasteiger partial charge in [0.1, 0.15) is 17.4 Å². The first-order valence-electron chi connectivity index (χ1n) is 9.02. The second-order valence-corrected chi connectivity index (χ2v) is 7.11. The van der Waals surface area contributed by atoms with Crippen LogP contribution >= 0.6 is 0 Å². The highest BCUT2D eigenvalue weighted by Gasteiger charge is 2.30. The summed E-state index contributed by atoms with van der Waals surface area (Å²) in [5.74, 6) is 1.16. The van der Waals surface area contributed by atoms with Crippen molar-refractivity contribution in [2.45, 2.75) is 38.9 Å². The number of hydrogen-bond acceptors (Lipinski definition) is 5. The van der Waals surface area contributed by atoms with Gasteiger partial charge < -0.3 is 9.64 Å². The summed E-state index contributed by atoms with van der Waals surface area (Å²) in [5.41, 5.74) is 2.82. The van der Waals surface area contributed by atoms with Crippen LogP contribution < -0.4 is 4.74 Å². The zero-order chi connectivity index (χ0) is 18.7. The fourth-order valence-corrected chi connectivity index (χ4v) is 3.68. The Hall–Kier alpha value is -2.05. The molecule has 6 heteroatoms. The lowest BCUT2D eigenvalue weighted by Gasteiger charge is -2.27. The number of likely N-dealkylation sites (tertiary alicyclic amines) is 1. The van der Waals surface area contributed by atoms with Crippen LogP contribution in [0.5, 0.6) is 5.75 Å². The molecule has 0 saturated carbocycles. The predicted octanol–water partition coefficient (Wildman–Crippen LogP) is 3.33. The topological polar surface area (TPSA) is 41.5 Å². The number of aryl methyl sites for hydroxylation is 1. The maximum absolute atomic E-state index is 14.4. The van der Waals surface area contributed by atoms with Gasteiger partial charge in [-0.2, -0.15) is 0 Å². The van der Waals surface area contributed by atoms with Gasteiger partial charge in [-0.15, -0.1) is 0 Å². The number of rotatable bonds is 6. The molecule has 1 aromatic carbocycles. The molecule has 0 N–H and O–H groups in total. The molecule has 1 aliphatic rings. The summed E-state index contributed by atoms with van der Waals surface area (Å²) < 4.78 is 19.8. The lowest BCUT2D eigenvalue weighted by Crippen LogP contribution is -2.26. The Kier molecular flexibility index (Phi) is 5.84. The fourth-order valence-electron chi connectivity index (χ4n) is 3.68. The molecule has 140 valence electrons. The van der Waals surface area contributed by atoms with E-state index in [2.05, 4.69) is 14.8 Å². The van der Waals surface area contributed by atoms with E-state index in [1.165, 1.54) is 6.07 Å². The summed E-state index contributed by atoms with van der Waals surface area (Å²) in [7, 11) is 5.67. The Bertz CT molecular complexity index is 765. The Labute approximate surface area is 154 Å². The van der Waals surface area contributed by atoms with E-state index in [9.17, 15) is 4.39 Å². The molecular weight excluding hydrogens is 331 g/mol. The van der Waals surface area contributed by atoms with Crippen molar-refractivity contribution in [3.05, 3.63) is 52.9 Å². The first-order chi connectivity index (χ1) is 12.5. The van der Waals surface area contributed by atoms with Crippen molar-refractivity contribution in [3.63, 3.8) is 0 Å². The molecule has 1 fully saturated rings. The van der Waals surface area contributed by atoms with Gasteiger partial charge in [0.05, 0.1) is 18.8 Å². The van der Waals surface area contributed by atoms with Gasteiger partial charge in [0.15, 0.2) is 0 Å². The van der Waals surface area contributed by atoms with Crippen LogP contribution in [0.15, 0.2) is 24.4 Å². The molecule has 1 aromatic heterocycles. The molecular formula is C20H27FN4O. The molecule has 26 heavy (non-hydrogen) atoms. The van der Waals surface area contributed by atoms with Crippen molar-refractivity contribution in [1.82, 2.24) is 19.8 Å². The average molecular weight is 358 g/mol. The number of benzene rings is 1. The smallest absolute Gasteiger partial charge is 0.131 e. The molecule has 5 nitrogen and oxygen atoms in total. The van der Waals surface area contributed by atoms with Gasteiger partial charge in [-0.1, -0.05) is 6.07 Å². The minimum Gasteiger partial charge on any atom is -0.496 e. The van der Waals surface area contributed by atoms with Crippen LogP contribution in [0.1, 0.15) is 41.5 Å². The molecule has 0 aliphatic carbocycles. The molecule has 1 atom stereocenters. The van der Waals surface area contributed by atoms with Gasteiger partial charge in [0.2, 0.25) is 0 Å². The van der Waals surface area contributed by atoms with E-state index in [1.54, 1.807) is 13.2 Å². The van der Waals surface area contributed by atoms with Crippen LogP contribution in [0.2, 0.25) is 0 Å². The Morgan fingerprint density at radius 3 is 2.88 bits per heavy atom. The number of methoxy groups -OCH3 is 1. The molecule has 0 amide bonds. The molecule has 0 unspecified atom stereocenters. The summed E-state index contributed by atoms with van der Waals surface area (Å²) in [6.07, 6.45) is 4.03. The number of aromatic nitrogens is 2. The summed E-state index contributed by atoms with van der Waals surface area (Å²) in [6.45, 7) is 4.16. The largest absolute Gasteiger partial charge is 0.496 e. The Morgan fingerprint density at radius 2 is 2.15 bits per heavy atom. The van der Waals surface area contributed by atoms with Crippen molar-refractivity contribution in [3.8, 4) is 5.75 Å². The number of ether oxygens (including phenoxy) is 1. The second kappa shape index (κ2) is 8.10. The van der Waals surface area contributed by atoms with Gasteiger partial charge in [-0.05, 0) is 52.5 Å². The average Bonchev–Trinajstić information content (AvgIpc) is 3.06. The van der Waals surface area contributed by atoms with E-state index in [-0.39, 0.29) is 11.9 Å². The van der Waals surface area contributed by atoms with Crippen molar-refractivity contribution in [2.75, 3.05) is 27.7 Å². The van der Waals surface area contributed by atoms with Crippen molar-refractivity contribution in [1.29, 1.82) is 0 Å². The Balaban J connectivity index is 1.91. The summed E-state index contributed by atoms with van der Waals surface area (Å²) in [6, 6.07) is 5.17. The summed E-state index contributed by atoms with van der Waals surface area (Å²) in [5, 5.41) is 0.